The first-order valence-corrected chi connectivity index (χ1v) is 8.26. The molecular formula is C15H16N6O2S. The van der Waals surface area contributed by atoms with E-state index in [4.69, 9.17) is 10.5 Å². The van der Waals surface area contributed by atoms with Gasteiger partial charge >= 0.3 is 0 Å². The summed E-state index contributed by atoms with van der Waals surface area (Å²) in [7, 11) is 0. The van der Waals surface area contributed by atoms with E-state index in [1.165, 1.54) is 18.1 Å². The molecule has 0 fully saturated rings. The van der Waals surface area contributed by atoms with Gasteiger partial charge in [-0.25, -0.2) is 15.0 Å². The number of aromatic nitrogens is 4. The number of nitrogen functional groups attached to an aromatic ring is 1. The summed E-state index contributed by atoms with van der Waals surface area (Å²) in [6.07, 6.45) is 1.35. The van der Waals surface area contributed by atoms with E-state index in [-0.39, 0.29) is 11.7 Å². The molecular weight excluding hydrogens is 328 g/mol. The van der Waals surface area contributed by atoms with Crippen molar-refractivity contribution in [1.82, 2.24) is 19.9 Å². The van der Waals surface area contributed by atoms with Crippen molar-refractivity contribution in [2.75, 3.05) is 23.4 Å². The van der Waals surface area contributed by atoms with Crippen LogP contribution in [0, 0.1) is 0 Å². The van der Waals surface area contributed by atoms with Gasteiger partial charge < -0.3 is 20.8 Å². The van der Waals surface area contributed by atoms with Crippen LogP contribution in [0.5, 0.6) is 5.75 Å². The van der Waals surface area contributed by atoms with Gasteiger partial charge in [-0.05, 0) is 31.2 Å². The van der Waals surface area contributed by atoms with Gasteiger partial charge in [-0.2, -0.15) is 0 Å². The number of carbonyl (C=O) groups is 1. The van der Waals surface area contributed by atoms with E-state index in [0.29, 0.717) is 34.4 Å². The predicted molar refractivity (Wildman–Crippen MR) is 93.1 cm³/mol. The molecule has 0 spiro atoms. The standard InChI is InChI=1S/C15H16N6O2S/c1-2-23-10-5-3-9(4-6-10)19-11(22)7-24-15-20-12-13(16)17-8-18-14(12)21-15/h3-6,8H,2,7H2,1H3,(H,19,22)(H3,16,17,18,20,21). The summed E-state index contributed by atoms with van der Waals surface area (Å²) in [4.78, 5) is 27.2. The summed E-state index contributed by atoms with van der Waals surface area (Å²) in [6.45, 7) is 2.53. The van der Waals surface area contributed by atoms with E-state index < -0.39 is 0 Å². The van der Waals surface area contributed by atoms with Gasteiger partial charge in [0.05, 0.1) is 12.4 Å². The molecule has 0 aliphatic heterocycles. The lowest BCUT2D eigenvalue weighted by Crippen LogP contribution is -2.14. The van der Waals surface area contributed by atoms with Crippen molar-refractivity contribution in [1.29, 1.82) is 0 Å². The normalized spacial score (nSPS) is 10.7. The first-order valence-electron chi connectivity index (χ1n) is 7.27. The van der Waals surface area contributed by atoms with Crippen LogP contribution < -0.4 is 15.8 Å². The minimum Gasteiger partial charge on any atom is -0.494 e. The molecule has 0 bridgehead atoms. The number of nitrogens with zero attached hydrogens (tertiary/aromatic N) is 3. The molecule has 3 rings (SSSR count). The van der Waals surface area contributed by atoms with Crippen LogP contribution in [0.2, 0.25) is 0 Å². The van der Waals surface area contributed by atoms with Gasteiger partial charge in [0.1, 0.15) is 17.6 Å². The second kappa shape index (κ2) is 7.18. The first kappa shape index (κ1) is 16.1. The maximum absolute atomic E-state index is 12.0. The molecule has 0 aliphatic rings. The Balaban J connectivity index is 1.57. The summed E-state index contributed by atoms with van der Waals surface area (Å²) in [6, 6.07) is 7.22. The van der Waals surface area contributed by atoms with Crippen LogP contribution in [0.25, 0.3) is 11.2 Å². The molecule has 4 N–H and O–H groups in total. The second-order valence-electron chi connectivity index (χ2n) is 4.79. The van der Waals surface area contributed by atoms with Crippen molar-refractivity contribution < 1.29 is 9.53 Å². The van der Waals surface area contributed by atoms with Crippen LogP contribution in [-0.4, -0.2) is 38.2 Å². The van der Waals surface area contributed by atoms with Crippen molar-refractivity contribution in [3.05, 3.63) is 30.6 Å². The highest BCUT2D eigenvalue weighted by Gasteiger charge is 2.10. The minimum atomic E-state index is -0.135. The van der Waals surface area contributed by atoms with Gasteiger partial charge in [0.15, 0.2) is 16.6 Å². The fourth-order valence-corrected chi connectivity index (χ4v) is 2.69. The monoisotopic (exact) mass is 344 g/mol. The second-order valence-corrected chi connectivity index (χ2v) is 5.76. The van der Waals surface area contributed by atoms with Gasteiger partial charge in [-0.3, -0.25) is 4.79 Å². The lowest BCUT2D eigenvalue weighted by atomic mass is 10.3. The van der Waals surface area contributed by atoms with Crippen LogP contribution in [0.4, 0.5) is 11.5 Å². The number of anilines is 2. The smallest absolute Gasteiger partial charge is 0.234 e. The molecule has 0 aliphatic carbocycles. The van der Waals surface area contributed by atoms with Crippen molar-refractivity contribution in [2.45, 2.75) is 12.1 Å². The van der Waals surface area contributed by atoms with E-state index in [0.717, 1.165) is 5.75 Å². The van der Waals surface area contributed by atoms with Crippen LogP contribution >= 0.6 is 11.8 Å². The lowest BCUT2D eigenvalue weighted by Gasteiger charge is -2.06. The quantitative estimate of drug-likeness (QED) is 0.586. The molecule has 0 saturated carbocycles. The zero-order valence-corrected chi connectivity index (χ0v) is 13.8. The van der Waals surface area contributed by atoms with E-state index in [1.54, 1.807) is 12.1 Å². The largest absolute Gasteiger partial charge is 0.494 e. The highest BCUT2D eigenvalue weighted by atomic mass is 32.2. The Morgan fingerprint density at radius 2 is 2.12 bits per heavy atom. The number of nitrogens with two attached hydrogens (primary N) is 1. The number of aromatic amines is 1. The van der Waals surface area contributed by atoms with E-state index in [1.807, 2.05) is 19.1 Å². The zero-order chi connectivity index (χ0) is 16.9. The van der Waals surface area contributed by atoms with Gasteiger partial charge in [0.25, 0.3) is 0 Å². The lowest BCUT2D eigenvalue weighted by molar-refractivity contribution is -0.113. The van der Waals surface area contributed by atoms with Crippen LogP contribution in [-0.2, 0) is 4.79 Å². The number of nitrogens with one attached hydrogen (secondary N) is 2. The number of thioether (sulfide) groups is 1. The fourth-order valence-electron chi connectivity index (χ4n) is 2.03. The van der Waals surface area contributed by atoms with Gasteiger partial charge in [-0.1, -0.05) is 11.8 Å². The van der Waals surface area contributed by atoms with Gasteiger partial charge in [-0.15, -0.1) is 0 Å². The number of fused-ring (bicyclic) bond motifs is 1. The van der Waals surface area contributed by atoms with E-state index >= 15 is 0 Å². The third-order valence-electron chi connectivity index (χ3n) is 3.09. The van der Waals surface area contributed by atoms with Crippen LogP contribution in [0.15, 0.2) is 35.7 Å². The Hall–Kier alpha value is -2.81. The summed E-state index contributed by atoms with van der Waals surface area (Å²) in [5.74, 6) is 1.17. The molecule has 0 radical (unpaired) electrons. The predicted octanol–water partition coefficient (Wildman–Crippen LogP) is 2.06. The summed E-state index contributed by atoms with van der Waals surface area (Å²) < 4.78 is 5.36. The molecule has 0 saturated heterocycles. The Morgan fingerprint density at radius 3 is 2.83 bits per heavy atom. The third-order valence-corrected chi connectivity index (χ3v) is 3.96. The summed E-state index contributed by atoms with van der Waals surface area (Å²) in [5, 5.41) is 3.39. The van der Waals surface area contributed by atoms with Crippen LogP contribution in [0.1, 0.15) is 6.92 Å². The molecule has 24 heavy (non-hydrogen) atoms. The number of hydrogen-bond donors (Lipinski definition) is 3. The Kier molecular flexibility index (Phi) is 4.80. The topological polar surface area (TPSA) is 119 Å². The minimum absolute atomic E-state index is 0.135. The highest BCUT2D eigenvalue weighted by Crippen LogP contribution is 2.21. The van der Waals surface area contributed by atoms with Crippen molar-refractivity contribution >= 4 is 40.3 Å². The van der Waals surface area contributed by atoms with Gasteiger partial charge in [0.2, 0.25) is 5.91 Å². The van der Waals surface area contributed by atoms with Crippen LogP contribution in [0.3, 0.4) is 0 Å². The Bertz CT molecular complexity index is 849. The highest BCUT2D eigenvalue weighted by molar-refractivity contribution is 7.99. The molecule has 0 atom stereocenters. The molecule has 2 heterocycles. The van der Waals surface area contributed by atoms with Gasteiger partial charge in [0, 0.05) is 5.69 Å². The third kappa shape index (κ3) is 3.74. The average Bonchev–Trinajstić information content (AvgIpc) is 3.00. The Labute approximate surface area is 142 Å². The molecule has 1 aromatic carbocycles. The number of ether oxygens (including phenoxy) is 1. The zero-order valence-electron chi connectivity index (χ0n) is 12.9. The molecule has 3 aromatic rings. The Morgan fingerprint density at radius 1 is 1.33 bits per heavy atom. The van der Waals surface area contributed by atoms with E-state index in [9.17, 15) is 4.79 Å². The molecule has 9 heteroatoms. The molecule has 1 amide bonds. The number of benzene rings is 1. The number of carbonyl (C=O) groups excluding carboxylic acids is 1. The summed E-state index contributed by atoms with van der Waals surface area (Å²) in [5.41, 5.74) is 7.51. The summed E-state index contributed by atoms with van der Waals surface area (Å²) >= 11 is 1.27. The number of amides is 1. The van der Waals surface area contributed by atoms with Crippen molar-refractivity contribution in [3.63, 3.8) is 0 Å². The van der Waals surface area contributed by atoms with E-state index in [2.05, 4.69) is 25.3 Å². The van der Waals surface area contributed by atoms with Crippen molar-refractivity contribution in [2.24, 2.45) is 0 Å². The maximum Gasteiger partial charge on any atom is 0.234 e. The number of rotatable bonds is 6. The average molecular weight is 344 g/mol. The SMILES string of the molecule is CCOc1ccc(NC(=O)CSc2nc3ncnc(N)c3[nH]2)cc1. The first-order chi connectivity index (χ1) is 11.7. The molecule has 8 nitrogen and oxygen atoms in total. The van der Waals surface area contributed by atoms with Crippen molar-refractivity contribution in [3.8, 4) is 5.75 Å². The number of hydrogen-bond acceptors (Lipinski definition) is 7. The molecule has 2 aromatic heterocycles. The number of H-pyrrole nitrogens is 1. The molecule has 0 unspecified atom stereocenters. The molecule has 124 valence electrons. The maximum atomic E-state index is 12.0. The number of imidazole rings is 1. The fraction of sp³-hybridized carbons (Fsp3) is 0.200.